The lowest BCUT2D eigenvalue weighted by molar-refractivity contribution is 0.0422. The van der Waals surface area contributed by atoms with E-state index in [2.05, 4.69) is 31.1 Å². The fraction of sp³-hybridized carbons (Fsp3) is 0.733. The van der Waals surface area contributed by atoms with Crippen molar-refractivity contribution in [3.8, 4) is 0 Å². The molecule has 0 spiro atoms. The Morgan fingerprint density at radius 3 is 2.89 bits per heavy atom. The Bertz CT molecular complexity index is 391. The second-order valence-electron chi connectivity index (χ2n) is 6.27. The third kappa shape index (κ3) is 3.57. The van der Waals surface area contributed by atoms with Crippen LogP contribution in [-0.2, 0) is 5.60 Å². The monoisotopic (exact) mass is 282 g/mol. The van der Waals surface area contributed by atoms with Gasteiger partial charge in [-0.15, -0.1) is 0 Å². The first-order valence-electron chi connectivity index (χ1n) is 7.09. The Balaban J connectivity index is 1.91. The normalized spacial score (nSPS) is 32.2. The summed E-state index contributed by atoms with van der Waals surface area (Å²) in [5.41, 5.74) is 0.241. The number of hydrogen-bond acceptors (Lipinski definition) is 4. The highest BCUT2D eigenvalue weighted by molar-refractivity contribution is 7.08. The van der Waals surface area contributed by atoms with Crippen molar-refractivity contribution in [1.82, 2.24) is 10.2 Å². The maximum Gasteiger partial charge on any atom is 0.1000 e. The zero-order chi connectivity index (χ0) is 14.0. The Hall–Kier alpha value is -0.420. The van der Waals surface area contributed by atoms with E-state index in [0.29, 0.717) is 24.5 Å². The minimum atomic E-state index is -0.772. The lowest BCUT2D eigenvalue weighted by Crippen LogP contribution is -2.53. The van der Waals surface area contributed by atoms with Crippen LogP contribution >= 0.6 is 11.3 Å². The summed E-state index contributed by atoms with van der Waals surface area (Å²) in [6.45, 7) is 8.20. The van der Waals surface area contributed by atoms with Gasteiger partial charge < -0.3 is 15.3 Å². The van der Waals surface area contributed by atoms with Gasteiger partial charge in [-0.2, -0.15) is 11.3 Å². The van der Waals surface area contributed by atoms with Crippen molar-refractivity contribution in [2.24, 2.45) is 5.92 Å². The molecule has 1 saturated heterocycles. The molecule has 4 unspecified atom stereocenters. The van der Waals surface area contributed by atoms with Gasteiger partial charge in [0.1, 0.15) is 0 Å². The topological polar surface area (TPSA) is 35.5 Å². The lowest BCUT2D eigenvalue weighted by Gasteiger charge is -2.41. The van der Waals surface area contributed by atoms with Gasteiger partial charge in [0.25, 0.3) is 0 Å². The lowest BCUT2D eigenvalue weighted by atomic mass is 9.89. The van der Waals surface area contributed by atoms with E-state index in [4.69, 9.17) is 0 Å². The first-order chi connectivity index (χ1) is 8.90. The smallest absolute Gasteiger partial charge is 0.1000 e. The van der Waals surface area contributed by atoms with Gasteiger partial charge in [-0.05, 0) is 55.6 Å². The van der Waals surface area contributed by atoms with Gasteiger partial charge in [0.2, 0.25) is 0 Å². The summed E-state index contributed by atoms with van der Waals surface area (Å²) in [7, 11) is 2.19. The number of thiophene rings is 1. The molecule has 1 aliphatic rings. The van der Waals surface area contributed by atoms with E-state index in [1.54, 1.807) is 11.3 Å². The molecule has 0 bridgehead atoms. The maximum absolute atomic E-state index is 10.5. The van der Waals surface area contributed by atoms with Gasteiger partial charge in [0.05, 0.1) is 5.60 Å². The van der Waals surface area contributed by atoms with Crippen molar-refractivity contribution < 1.29 is 5.11 Å². The minimum absolute atomic E-state index is 0.497. The van der Waals surface area contributed by atoms with Crippen molar-refractivity contribution in [2.45, 2.75) is 44.9 Å². The number of piperidine rings is 1. The second kappa shape index (κ2) is 5.92. The Labute approximate surface area is 120 Å². The second-order valence-corrected chi connectivity index (χ2v) is 7.05. The third-order valence-electron chi connectivity index (χ3n) is 4.46. The molecule has 0 radical (unpaired) electrons. The molecule has 1 aliphatic heterocycles. The molecule has 0 aromatic carbocycles. The van der Waals surface area contributed by atoms with E-state index in [9.17, 15) is 5.11 Å². The van der Waals surface area contributed by atoms with Crippen LogP contribution in [0, 0.1) is 5.92 Å². The van der Waals surface area contributed by atoms with E-state index in [1.807, 2.05) is 23.8 Å². The quantitative estimate of drug-likeness (QED) is 0.889. The molecule has 0 saturated carbocycles. The van der Waals surface area contributed by atoms with E-state index < -0.39 is 5.60 Å². The van der Waals surface area contributed by atoms with Crippen molar-refractivity contribution in [3.05, 3.63) is 22.4 Å². The van der Waals surface area contributed by atoms with E-state index in [-0.39, 0.29) is 0 Å². The average Bonchev–Trinajstić information content (AvgIpc) is 2.86. The summed E-state index contributed by atoms with van der Waals surface area (Å²) < 4.78 is 0. The van der Waals surface area contributed by atoms with Crippen LogP contribution in [0.2, 0.25) is 0 Å². The van der Waals surface area contributed by atoms with Crippen molar-refractivity contribution >= 4 is 11.3 Å². The van der Waals surface area contributed by atoms with Crippen molar-refractivity contribution in [1.29, 1.82) is 0 Å². The van der Waals surface area contributed by atoms with Gasteiger partial charge in [-0.25, -0.2) is 0 Å². The van der Waals surface area contributed by atoms with Crippen molar-refractivity contribution in [2.75, 3.05) is 20.1 Å². The fourth-order valence-corrected chi connectivity index (χ4v) is 3.61. The van der Waals surface area contributed by atoms with Crippen LogP contribution in [0.15, 0.2) is 16.8 Å². The van der Waals surface area contributed by atoms with E-state index in [1.165, 1.54) is 0 Å². The first kappa shape index (κ1) is 15.0. The molecular formula is C15H26N2OS. The highest BCUT2D eigenvalue weighted by Gasteiger charge is 2.31. The number of likely N-dealkylation sites (tertiary alicyclic amines) is 1. The van der Waals surface area contributed by atoms with E-state index >= 15 is 0 Å². The molecule has 4 heteroatoms. The molecular weight excluding hydrogens is 256 g/mol. The molecule has 0 aliphatic carbocycles. The summed E-state index contributed by atoms with van der Waals surface area (Å²) >= 11 is 1.63. The van der Waals surface area contributed by atoms with Crippen LogP contribution in [0.3, 0.4) is 0 Å². The van der Waals surface area contributed by atoms with Crippen LogP contribution in [0.5, 0.6) is 0 Å². The van der Waals surface area contributed by atoms with Gasteiger partial charge in [-0.3, -0.25) is 0 Å². The van der Waals surface area contributed by atoms with Crippen molar-refractivity contribution in [3.63, 3.8) is 0 Å². The average molecular weight is 282 g/mol. The van der Waals surface area contributed by atoms with Crippen LogP contribution in [0.25, 0.3) is 0 Å². The number of rotatable bonds is 4. The third-order valence-corrected chi connectivity index (χ3v) is 5.15. The number of nitrogens with one attached hydrogen (secondary N) is 1. The highest BCUT2D eigenvalue weighted by Crippen LogP contribution is 2.25. The molecule has 1 fully saturated rings. The molecule has 2 rings (SSSR count). The SMILES string of the molecule is CC1CN(C)C(C)CC1NCC(C)(O)c1ccsc1. The molecule has 3 nitrogen and oxygen atoms in total. The highest BCUT2D eigenvalue weighted by atomic mass is 32.1. The molecule has 2 heterocycles. The summed E-state index contributed by atoms with van der Waals surface area (Å²) in [5, 5.41) is 18.2. The van der Waals surface area contributed by atoms with Crippen LogP contribution < -0.4 is 5.32 Å². The Morgan fingerprint density at radius 1 is 1.53 bits per heavy atom. The number of nitrogens with zero attached hydrogens (tertiary/aromatic N) is 1. The van der Waals surface area contributed by atoms with Gasteiger partial charge >= 0.3 is 0 Å². The van der Waals surface area contributed by atoms with Crippen LogP contribution in [-0.4, -0.2) is 42.2 Å². The predicted octanol–water partition coefficient (Wildman–Crippen LogP) is 2.27. The molecule has 19 heavy (non-hydrogen) atoms. The summed E-state index contributed by atoms with van der Waals surface area (Å²) in [4.78, 5) is 2.42. The van der Waals surface area contributed by atoms with Crippen LogP contribution in [0.4, 0.5) is 0 Å². The molecule has 1 aromatic rings. The Morgan fingerprint density at radius 2 is 2.26 bits per heavy atom. The van der Waals surface area contributed by atoms with E-state index in [0.717, 1.165) is 18.5 Å². The summed E-state index contributed by atoms with van der Waals surface area (Å²) in [5.74, 6) is 0.625. The zero-order valence-electron chi connectivity index (χ0n) is 12.4. The molecule has 0 amide bonds. The standard InChI is InChI=1S/C15H26N2OS/c1-11-8-17(4)12(2)7-14(11)16-10-15(3,18)13-5-6-19-9-13/h5-6,9,11-12,14,16,18H,7-8,10H2,1-4H3. The van der Waals surface area contributed by atoms with Crippen LogP contribution in [0.1, 0.15) is 32.8 Å². The Kier molecular flexibility index (Phi) is 4.66. The van der Waals surface area contributed by atoms with Gasteiger partial charge in [0, 0.05) is 25.2 Å². The summed E-state index contributed by atoms with van der Waals surface area (Å²) in [6.07, 6.45) is 1.15. The molecule has 1 aromatic heterocycles. The first-order valence-corrected chi connectivity index (χ1v) is 8.03. The number of aliphatic hydroxyl groups is 1. The fourth-order valence-electron chi connectivity index (χ4n) is 2.83. The van der Waals surface area contributed by atoms with Gasteiger partial charge in [-0.1, -0.05) is 6.92 Å². The zero-order valence-corrected chi connectivity index (χ0v) is 13.2. The minimum Gasteiger partial charge on any atom is -0.384 e. The predicted molar refractivity (Wildman–Crippen MR) is 81.6 cm³/mol. The largest absolute Gasteiger partial charge is 0.384 e. The maximum atomic E-state index is 10.5. The van der Waals surface area contributed by atoms with Gasteiger partial charge in [0.15, 0.2) is 0 Å². The molecule has 2 N–H and O–H groups in total. The molecule has 108 valence electrons. The number of hydrogen-bond donors (Lipinski definition) is 2. The summed E-state index contributed by atoms with van der Waals surface area (Å²) in [6, 6.07) is 3.11. The molecule has 4 atom stereocenters.